The van der Waals surface area contributed by atoms with Gasteiger partial charge in [0.2, 0.25) is 5.91 Å². The number of urea groups is 1. The van der Waals surface area contributed by atoms with Gasteiger partial charge in [-0.3, -0.25) is 9.59 Å². The van der Waals surface area contributed by atoms with Gasteiger partial charge in [-0.1, -0.05) is 6.92 Å². The number of carboxylic acid groups (broad SMARTS) is 1. The minimum absolute atomic E-state index is 0.0232. The molecule has 7 heteroatoms. The van der Waals surface area contributed by atoms with Gasteiger partial charge in [-0.2, -0.15) is 0 Å². The number of nitrogens with zero attached hydrogens (tertiary/aromatic N) is 2. The maximum Gasteiger partial charge on any atom is 0.317 e. The summed E-state index contributed by atoms with van der Waals surface area (Å²) in [5, 5.41) is 11.4. The Balaban J connectivity index is 2.41. The van der Waals surface area contributed by atoms with E-state index in [2.05, 4.69) is 5.32 Å². The largest absolute Gasteiger partial charge is 0.481 e. The summed E-state index contributed by atoms with van der Waals surface area (Å²) in [4.78, 5) is 37.5. The molecule has 114 valence electrons. The molecule has 7 nitrogen and oxygen atoms in total. The van der Waals surface area contributed by atoms with Gasteiger partial charge in [0.1, 0.15) is 6.54 Å². The topological polar surface area (TPSA) is 90.0 Å². The van der Waals surface area contributed by atoms with Crippen molar-refractivity contribution in [2.75, 3.05) is 26.7 Å². The van der Waals surface area contributed by atoms with Crippen LogP contribution >= 0.6 is 0 Å². The number of carbonyl (C=O) groups is 3. The summed E-state index contributed by atoms with van der Waals surface area (Å²) < 4.78 is 0. The Labute approximate surface area is 118 Å². The SMILES string of the molecule is CCC(CC(=O)O)NC(=O)N(C)CC(=O)N1CCCC1. The van der Waals surface area contributed by atoms with E-state index in [0.717, 1.165) is 25.9 Å². The van der Waals surface area contributed by atoms with Crippen molar-refractivity contribution in [3.05, 3.63) is 0 Å². The lowest BCUT2D eigenvalue weighted by molar-refractivity contribution is -0.137. The second kappa shape index (κ2) is 7.72. The Morgan fingerprint density at radius 2 is 1.90 bits per heavy atom. The number of hydrogen-bond acceptors (Lipinski definition) is 3. The standard InChI is InChI=1S/C13H23N3O4/c1-3-10(8-12(18)19)14-13(20)15(2)9-11(17)16-6-4-5-7-16/h10H,3-9H2,1-2H3,(H,14,20)(H,18,19). The predicted molar refractivity (Wildman–Crippen MR) is 73.3 cm³/mol. The highest BCUT2D eigenvalue weighted by molar-refractivity contribution is 5.84. The van der Waals surface area contributed by atoms with Crippen LogP contribution < -0.4 is 5.32 Å². The Hall–Kier alpha value is -1.79. The van der Waals surface area contributed by atoms with E-state index < -0.39 is 18.0 Å². The van der Waals surface area contributed by atoms with E-state index in [1.54, 1.807) is 4.90 Å². The highest BCUT2D eigenvalue weighted by atomic mass is 16.4. The lowest BCUT2D eigenvalue weighted by Gasteiger charge is -2.24. The predicted octanol–water partition coefficient (Wildman–Crippen LogP) is 0.504. The highest BCUT2D eigenvalue weighted by Crippen LogP contribution is 2.08. The summed E-state index contributed by atoms with van der Waals surface area (Å²) in [6, 6.07) is -0.824. The molecule has 0 radical (unpaired) electrons. The van der Waals surface area contributed by atoms with Gasteiger partial charge in [0.15, 0.2) is 0 Å². The van der Waals surface area contributed by atoms with Crippen molar-refractivity contribution < 1.29 is 19.5 Å². The van der Waals surface area contributed by atoms with Crippen molar-refractivity contribution >= 4 is 17.9 Å². The summed E-state index contributed by atoms with van der Waals surface area (Å²) in [5.74, 6) is -1.01. The fraction of sp³-hybridized carbons (Fsp3) is 0.769. The summed E-state index contributed by atoms with van der Waals surface area (Å²) in [6.07, 6.45) is 2.44. The van der Waals surface area contributed by atoms with Crippen LogP contribution in [-0.2, 0) is 9.59 Å². The number of likely N-dealkylation sites (tertiary alicyclic amines) is 1. The van der Waals surface area contributed by atoms with Crippen LogP contribution in [-0.4, -0.2) is 65.5 Å². The number of aliphatic carboxylic acids is 1. The molecule has 1 unspecified atom stereocenters. The van der Waals surface area contributed by atoms with Crippen LogP contribution in [0.1, 0.15) is 32.6 Å². The molecule has 1 heterocycles. The fourth-order valence-electron chi connectivity index (χ4n) is 2.13. The Morgan fingerprint density at radius 3 is 2.40 bits per heavy atom. The molecular formula is C13H23N3O4. The molecule has 1 rings (SSSR count). The highest BCUT2D eigenvalue weighted by Gasteiger charge is 2.22. The molecule has 0 aromatic rings. The van der Waals surface area contributed by atoms with Crippen molar-refractivity contribution in [3.63, 3.8) is 0 Å². The first-order valence-corrected chi connectivity index (χ1v) is 6.95. The zero-order chi connectivity index (χ0) is 15.1. The quantitative estimate of drug-likeness (QED) is 0.743. The van der Waals surface area contributed by atoms with Gasteiger partial charge < -0.3 is 20.2 Å². The monoisotopic (exact) mass is 285 g/mol. The van der Waals surface area contributed by atoms with Gasteiger partial charge in [-0.25, -0.2) is 4.79 Å². The average molecular weight is 285 g/mol. The summed E-state index contributed by atoms with van der Waals surface area (Å²) in [5.41, 5.74) is 0. The van der Waals surface area contributed by atoms with Gasteiger partial charge in [-0.15, -0.1) is 0 Å². The normalized spacial score (nSPS) is 15.8. The molecule has 1 aliphatic heterocycles. The lowest BCUT2D eigenvalue weighted by atomic mass is 10.1. The number of rotatable bonds is 6. The number of nitrogens with one attached hydrogen (secondary N) is 1. The average Bonchev–Trinajstić information content (AvgIpc) is 2.90. The van der Waals surface area contributed by atoms with Gasteiger partial charge in [0.05, 0.1) is 6.42 Å². The van der Waals surface area contributed by atoms with Gasteiger partial charge in [0.25, 0.3) is 0 Å². The van der Waals surface area contributed by atoms with Crippen LogP contribution in [0.15, 0.2) is 0 Å². The van der Waals surface area contributed by atoms with Crippen LogP contribution in [0, 0.1) is 0 Å². The summed E-state index contributed by atoms with van der Waals surface area (Å²) in [7, 11) is 1.54. The molecule has 1 atom stereocenters. The first kappa shape index (κ1) is 16.3. The molecule has 3 amide bonds. The van der Waals surface area contributed by atoms with Gasteiger partial charge in [-0.05, 0) is 19.3 Å². The molecule has 0 aromatic heterocycles. The molecule has 0 spiro atoms. The van der Waals surface area contributed by atoms with Crippen molar-refractivity contribution in [3.8, 4) is 0 Å². The smallest absolute Gasteiger partial charge is 0.317 e. The van der Waals surface area contributed by atoms with E-state index >= 15 is 0 Å². The Kier molecular flexibility index (Phi) is 6.27. The van der Waals surface area contributed by atoms with Crippen molar-refractivity contribution in [2.45, 2.75) is 38.6 Å². The first-order valence-electron chi connectivity index (χ1n) is 6.95. The maximum absolute atomic E-state index is 11.9. The summed E-state index contributed by atoms with van der Waals surface area (Å²) >= 11 is 0. The van der Waals surface area contributed by atoms with E-state index in [0.29, 0.717) is 6.42 Å². The number of hydrogen-bond donors (Lipinski definition) is 2. The molecule has 2 N–H and O–H groups in total. The molecular weight excluding hydrogens is 262 g/mol. The molecule has 0 aromatic carbocycles. The zero-order valence-electron chi connectivity index (χ0n) is 12.1. The third-order valence-electron chi connectivity index (χ3n) is 3.42. The number of amides is 3. The van der Waals surface area contributed by atoms with Crippen LogP contribution in [0.2, 0.25) is 0 Å². The second-order valence-electron chi connectivity index (χ2n) is 5.10. The number of likely N-dealkylation sites (N-methyl/N-ethyl adjacent to an activating group) is 1. The molecule has 1 aliphatic rings. The van der Waals surface area contributed by atoms with Crippen molar-refractivity contribution in [2.24, 2.45) is 0 Å². The molecule has 0 saturated carbocycles. The Morgan fingerprint density at radius 1 is 1.30 bits per heavy atom. The third-order valence-corrected chi connectivity index (χ3v) is 3.42. The van der Waals surface area contributed by atoms with E-state index in [1.165, 1.54) is 11.9 Å². The zero-order valence-corrected chi connectivity index (χ0v) is 12.1. The lowest BCUT2D eigenvalue weighted by Crippen LogP contribution is -2.47. The minimum Gasteiger partial charge on any atom is -0.481 e. The molecule has 1 fully saturated rings. The van der Waals surface area contributed by atoms with E-state index in [1.807, 2.05) is 6.92 Å². The van der Waals surface area contributed by atoms with Crippen LogP contribution in [0.5, 0.6) is 0 Å². The van der Waals surface area contributed by atoms with Crippen molar-refractivity contribution in [1.82, 2.24) is 15.1 Å². The first-order chi connectivity index (χ1) is 9.43. The molecule has 0 aliphatic carbocycles. The van der Waals surface area contributed by atoms with Crippen LogP contribution in [0.3, 0.4) is 0 Å². The van der Waals surface area contributed by atoms with Gasteiger partial charge >= 0.3 is 12.0 Å². The van der Waals surface area contributed by atoms with E-state index in [-0.39, 0.29) is 18.9 Å². The second-order valence-corrected chi connectivity index (χ2v) is 5.10. The number of carbonyl (C=O) groups excluding carboxylic acids is 2. The molecule has 20 heavy (non-hydrogen) atoms. The minimum atomic E-state index is -0.951. The van der Waals surface area contributed by atoms with Crippen LogP contribution in [0.4, 0.5) is 4.79 Å². The Bertz CT molecular complexity index is 367. The maximum atomic E-state index is 11.9. The van der Waals surface area contributed by atoms with Gasteiger partial charge in [0, 0.05) is 26.2 Å². The third kappa shape index (κ3) is 5.07. The van der Waals surface area contributed by atoms with Crippen LogP contribution in [0.25, 0.3) is 0 Å². The molecule has 1 saturated heterocycles. The van der Waals surface area contributed by atoms with E-state index in [4.69, 9.17) is 5.11 Å². The van der Waals surface area contributed by atoms with E-state index in [9.17, 15) is 14.4 Å². The molecule has 0 bridgehead atoms. The fourth-order valence-corrected chi connectivity index (χ4v) is 2.13. The number of carboxylic acids is 1. The van der Waals surface area contributed by atoms with Crippen molar-refractivity contribution in [1.29, 1.82) is 0 Å². The summed E-state index contributed by atoms with van der Waals surface area (Å²) in [6.45, 7) is 3.34.